The van der Waals surface area contributed by atoms with Crippen molar-refractivity contribution in [1.29, 1.82) is 0 Å². The molecule has 0 spiro atoms. The lowest BCUT2D eigenvalue weighted by molar-refractivity contribution is 0.102. The van der Waals surface area contributed by atoms with Gasteiger partial charge in [-0.1, -0.05) is 12.1 Å². The number of nitrogens with one attached hydrogen (secondary N) is 2. The SMILES string of the molecule is CCNc1cc(C(=O)Nc2ccc(CCO)cc2)ccn1. The molecule has 1 aromatic carbocycles. The van der Waals surface area contributed by atoms with Crippen LogP contribution in [0.5, 0.6) is 0 Å². The van der Waals surface area contributed by atoms with E-state index in [1.54, 1.807) is 18.3 Å². The summed E-state index contributed by atoms with van der Waals surface area (Å²) < 4.78 is 0. The number of hydrogen-bond acceptors (Lipinski definition) is 4. The summed E-state index contributed by atoms with van der Waals surface area (Å²) in [5.74, 6) is 0.509. The molecule has 2 rings (SSSR count). The highest BCUT2D eigenvalue weighted by atomic mass is 16.2. The average Bonchev–Trinajstić information content (AvgIpc) is 2.50. The number of amides is 1. The van der Waals surface area contributed by atoms with E-state index in [0.29, 0.717) is 17.8 Å². The fourth-order valence-electron chi connectivity index (χ4n) is 1.94. The summed E-state index contributed by atoms with van der Waals surface area (Å²) in [6.07, 6.45) is 2.22. The number of pyridine rings is 1. The van der Waals surface area contributed by atoms with E-state index < -0.39 is 0 Å². The van der Waals surface area contributed by atoms with E-state index in [1.807, 2.05) is 31.2 Å². The molecule has 0 unspecified atom stereocenters. The van der Waals surface area contributed by atoms with Crippen molar-refractivity contribution in [3.05, 3.63) is 53.7 Å². The first-order valence-corrected chi connectivity index (χ1v) is 6.94. The third-order valence-electron chi connectivity index (χ3n) is 2.99. The largest absolute Gasteiger partial charge is 0.396 e. The van der Waals surface area contributed by atoms with Crippen LogP contribution < -0.4 is 10.6 Å². The zero-order chi connectivity index (χ0) is 15.1. The molecule has 1 amide bonds. The molecule has 1 heterocycles. The Morgan fingerprint density at radius 1 is 1.24 bits per heavy atom. The first-order chi connectivity index (χ1) is 10.2. The van der Waals surface area contributed by atoms with Gasteiger partial charge >= 0.3 is 0 Å². The molecular weight excluding hydrogens is 266 g/mol. The summed E-state index contributed by atoms with van der Waals surface area (Å²) in [4.78, 5) is 16.3. The van der Waals surface area contributed by atoms with Gasteiger partial charge in [-0.25, -0.2) is 4.98 Å². The number of nitrogens with zero attached hydrogens (tertiary/aromatic N) is 1. The quantitative estimate of drug-likeness (QED) is 0.761. The second kappa shape index (κ2) is 7.40. The van der Waals surface area contributed by atoms with Gasteiger partial charge in [-0.05, 0) is 43.2 Å². The van der Waals surface area contributed by atoms with Gasteiger partial charge in [0.1, 0.15) is 5.82 Å². The van der Waals surface area contributed by atoms with E-state index in [-0.39, 0.29) is 12.5 Å². The minimum absolute atomic E-state index is 0.121. The van der Waals surface area contributed by atoms with Crippen LogP contribution in [-0.2, 0) is 6.42 Å². The predicted octanol–water partition coefficient (Wildman–Crippen LogP) is 2.30. The predicted molar refractivity (Wildman–Crippen MR) is 83.6 cm³/mol. The van der Waals surface area contributed by atoms with Crippen molar-refractivity contribution in [2.75, 3.05) is 23.8 Å². The second-order valence-corrected chi connectivity index (χ2v) is 4.58. The zero-order valence-electron chi connectivity index (χ0n) is 12.0. The summed E-state index contributed by atoms with van der Waals surface area (Å²) in [6.45, 7) is 2.85. The van der Waals surface area contributed by atoms with Crippen LogP contribution >= 0.6 is 0 Å². The first kappa shape index (κ1) is 15.0. The molecule has 0 saturated carbocycles. The maximum Gasteiger partial charge on any atom is 0.255 e. The molecule has 21 heavy (non-hydrogen) atoms. The minimum atomic E-state index is -0.175. The zero-order valence-corrected chi connectivity index (χ0v) is 12.0. The topological polar surface area (TPSA) is 74.2 Å². The molecule has 0 saturated heterocycles. The fraction of sp³-hybridized carbons (Fsp3) is 0.250. The second-order valence-electron chi connectivity index (χ2n) is 4.58. The molecule has 110 valence electrons. The number of carbonyl (C=O) groups is 1. The molecule has 3 N–H and O–H groups in total. The number of hydrogen-bond donors (Lipinski definition) is 3. The lowest BCUT2D eigenvalue weighted by Crippen LogP contribution is -2.12. The molecule has 2 aromatic rings. The molecule has 0 bridgehead atoms. The lowest BCUT2D eigenvalue weighted by atomic mass is 10.1. The number of aliphatic hydroxyl groups excluding tert-OH is 1. The normalized spacial score (nSPS) is 10.2. The summed E-state index contributed by atoms with van der Waals surface area (Å²) in [6, 6.07) is 10.8. The smallest absolute Gasteiger partial charge is 0.255 e. The van der Waals surface area contributed by atoms with Crippen LogP contribution in [0.1, 0.15) is 22.8 Å². The molecule has 0 aliphatic rings. The van der Waals surface area contributed by atoms with Crippen molar-refractivity contribution in [2.24, 2.45) is 0 Å². The van der Waals surface area contributed by atoms with E-state index in [0.717, 1.165) is 17.8 Å². The van der Waals surface area contributed by atoms with E-state index in [9.17, 15) is 4.79 Å². The Labute approximate surface area is 124 Å². The number of rotatable bonds is 6. The summed E-state index contributed by atoms with van der Waals surface area (Å²) in [7, 11) is 0. The first-order valence-electron chi connectivity index (χ1n) is 6.94. The van der Waals surface area contributed by atoms with Crippen LogP contribution in [0, 0.1) is 0 Å². The van der Waals surface area contributed by atoms with E-state index in [2.05, 4.69) is 15.6 Å². The molecule has 5 heteroatoms. The molecular formula is C16H19N3O2. The number of benzene rings is 1. The van der Waals surface area contributed by atoms with E-state index in [4.69, 9.17) is 5.11 Å². The molecule has 0 aliphatic carbocycles. The lowest BCUT2D eigenvalue weighted by Gasteiger charge is -2.08. The highest BCUT2D eigenvalue weighted by Gasteiger charge is 2.07. The van der Waals surface area contributed by atoms with Crippen LogP contribution in [-0.4, -0.2) is 29.1 Å². The summed E-state index contributed by atoms with van der Waals surface area (Å²) in [5.41, 5.74) is 2.32. The van der Waals surface area contributed by atoms with Crippen LogP contribution in [0.15, 0.2) is 42.6 Å². The summed E-state index contributed by atoms with van der Waals surface area (Å²) >= 11 is 0. The Bertz CT molecular complexity index is 597. The van der Waals surface area contributed by atoms with Crippen molar-refractivity contribution in [3.8, 4) is 0 Å². The number of carbonyl (C=O) groups excluding carboxylic acids is 1. The van der Waals surface area contributed by atoms with Gasteiger partial charge in [0.15, 0.2) is 0 Å². The van der Waals surface area contributed by atoms with Crippen molar-refractivity contribution in [3.63, 3.8) is 0 Å². The number of aliphatic hydroxyl groups is 1. The van der Waals surface area contributed by atoms with Crippen LogP contribution in [0.4, 0.5) is 11.5 Å². The van der Waals surface area contributed by atoms with Gasteiger partial charge in [0, 0.05) is 30.6 Å². The van der Waals surface area contributed by atoms with Crippen molar-refractivity contribution in [1.82, 2.24) is 4.98 Å². The van der Waals surface area contributed by atoms with Gasteiger partial charge < -0.3 is 15.7 Å². The molecule has 0 fully saturated rings. The van der Waals surface area contributed by atoms with Gasteiger partial charge in [-0.3, -0.25) is 4.79 Å². The molecule has 0 radical (unpaired) electrons. The van der Waals surface area contributed by atoms with E-state index in [1.165, 1.54) is 0 Å². The fourth-order valence-corrected chi connectivity index (χ4v) is 1.94. The number of aromatic nitrogens is 1. The van der Waals surface area contributed by atoms with Crippen LogP contribution in [0.25, 0.3) is 0 Å². The van der Waals surface area contributed by atoms with Gasteiger partial charge in [-0.2, -0.15) is 0 Å². The molecule has 0 atom stereocenters. The van der Waals surface area contributed by atoms with E-state index >= 15 is 0 Å². The Balaban J connectivity index is 2.05. The average molecular weight is 285 g/mol. The van der Waals surface area contributed by atoms with Gasteiger partial charge in [-0.15, -0.1) is 0 Å². The Hall–Kier alpha value is -2.40. The molecule has 1 aromatic heterocycles. The monoisotopic (exact) mass is 285 g/mol. The van der Waals surface area contributed by atoms with Gasteiger partial charge in [0.05, 0.1) is 0 Å². The Morgan fingerprint density at radius 3 is 2.67 bits per heavy atom. The third kappa shape index (κ3) is 4.29. The molecule has 5 nitrogen and oxygen atoms in total. The highest BCUT2D eigenvalue weighted by molar-refractivity contribution is 6.04. The highest BCUT2D eigenvalue weighted by Crippen LogP contribution is 2.13. The van der Waals surface area contributed by atoms with Gasteiger partial charge in [0.25, 0.3) is 5.91 Å². The number of anilines is 2. The Kier molecular flexibility index (Phi) is 5.29. The van der Waals surface area contributed by atoms with Crippen molar-refractivity contribution in [2.45, 2.75) is 13.3 Å². The maximum absolute atomic E-state index is 12.2. The van der Waals surface area contributed by atoms with Crippen LogP contribution in [0.3, 0.4) is 0 Å². The maximum atomic E-state index is 12.2. The standard InChI is InChI=1S/C16H19N3O2/c1-2-17-15-11-13(7-9-18-15)16(21)19-14-5-3-12(4-6-14)8-10-20/h3-7,9,11,20H,2,8,10H2,1H3,(H,17,18)(H,19,21). The minimum Gasteiger partial charge on any atom is -0.396 e. The van der Waals surface area contributed by atoms with Crippen molar-refractivity contribution < 1.29 is 9.90 Å². The Morgan fingerprint density at radius 2 is 2.00 bits per heavy atom. The third-order valence-corrected chi connectivity index (χ3v) is 2.99. The molecule has 0 aliphatic heterocycles. The van der Waals surface area contributed by atoms with Crippen LogP contribution in [0.2, 0.25) is 0 Å². The summed E-state index contributed by atoms with van der Waals surface area (Å²) in [5, 5.41) is 14.8. The van der Waals surface area contributed by atoms with Gasteiger partial charge in [0.2, 0.25) is 0 Å². The van der Waals surface area contributed by atoms with Crippen molar-refractivity contribution >= 4 is 17.4 Å².